The van der Waals surface area contributed by atoms with Gasteiger partial charge in [-0.05, 0) is 30.2 Å². The van der Waals surface area contributed by atoms with E-state index in [2.05, 4.69) is 25.8 Å². The molecule has 2 N–H and O–H groups in total. The van der Waals surface area contributed by atoms with Crippen LogP contribution in [0.4, 0.5) is 0 Å². The van der Waals surface area contributed by atoms with Crippen molar-refractivity contribution < 1.29 is 0 Å². The molecule has 0 atom stereocenters. The number of aromatic nitrogens is 3. The van der Waals surface area contributed by atoms with Crippen LogP contribution in [-0.2, 0) is 13.0 Å². The van der Waals surface area contributed by atoms with Crippen LogP contribution in [0.2, 0.25) is 5.02 Å². The molecule has 6 nitrogen and oxygen atoms in total. The zero-order chi connectivity index (χ0) is 17.5. The number of benzene rings is 1. The molecular formula is C18H21ClN6. The molecule has 0 aliphatic carbocycles. The zero-order valence-corrected chi connectivity index (χ0v) is 14.9. The Morgan fingerprint density at radius 1 is 1.12 bits per heavy atom. The summed E-state index contributed by atoms with van der Waals surface area (Å²) in [7, 11) is 1.76. The third kappa shape index (κ3) is 4.48. The first-order chi connectivity index (χ1) is 12.3. The highest BCUT2D eigenvalue weighted by Crippen LogP contribution is 2.14. The third-order valence-corrected chi connectivity index (χ3v) is 4.25. The number of pyridine rings is 1. The van der Waals surface area contributed by atoms with Crippen molar-refractivity contribution in [2.24, 2.45) is 4.99 Å². The van der Waals surface area contributed by atoms with E-state index in [0.717, 1.165) is 47.4 Å². The molecule has 0 saturated carbocycles. The minimum Gasteiger partial charge on any atom is -0.356 e. The average Bonchev–Trinajstić information content (AvgIpc) is 3.05. The van der Waals surface area contributed by atoms with Gasteiger partial charge in [-0.15, -0.1) is 10.2 Å². The van der Waals surface area contributed by atoms with Crippen LogP contribution >= 0.6 is 11.6 Å². The molecule has 2 heterocycles. The van der Waals surface area contributed by atoms with Gasteiger partial charge in [0.1, 0.15) is 5.82 Å². The molecule has 0 fully saturated rings. The third-order valence-electron chi connectivity index (χ3n) is 3.88. The SMILES string of the molecule is CN=C(NCCCc1nnc2ccccn12)NCc1ccccc1Cl. The molecule has 0 saturated heterocycles. The van der Waals surface area contributed by atoms with Crippen molar-refractivity contribution in [2.45, 2.75) is 19.4 Å². The van der Waals surface area contributed by atoms with Crippen molar-refractivity contribution in [1.29, 1.82) is 0 Å². The van der Waals surface area contributed by atoms with Crippen LogP contribution in [0.1, 0.15) is 17.8 Å². The number of halogens is 1. The molecule has 2 aromatic heterocycles. The lowest BCUT2D eigenvalue weighted by molar-refractivity contribution is 0.714. The van der Waals surface area contributed by atoms with Crippen LogP contribution in [0.5, 0.6) is 0 Å². The van der Waals surface area contributed by atoms with E-state index in [-0.39, 0.29) is 0 Å². The predicted molar refractivity (Wildman–Crippen MR) is 101 cm³/mol. The molecule has 130 valence electrons. The molecule has 3 rings (SSSR count). The Hall–Kier alpha value is -2.60. The Labute approximate surface area is 152 Å². The van der Waals surface area contributed by atoms with Gasteiger partial charge in [-0.25, -0.2) is 0 Å². The van der Waals surface area contributed by atoms with Gasteiger partial charge >= 0.3 is 0 Å². The van der Waals surface area contributed by atoms with Gasteiger partial charge in [0.15, 0.2) is 11.6 Å². The molecule has 0 aliphatic heterocycles. The summed E-state index contributed by atoms with van der Waals surface area (Å²) in [5.74, 6) is 1.72. The number of hydrogen-bond acceptors (Lipinski definition) is 3. The van der Waals surface area contributed by atoms with Gasteiger partial charge in [-0.1, -0.05) is 35.9 Å². The Balaban J connectivity index is 1.45. The fourth-order valence-corrected chi connectivity index (χ4v) is 2.76. The van der Waals surface area contributed by atoms with Gasteiger partial charge in [0.2, 0.25) is 0 Å². The quantitative estimate of drug-likeness (QED) is 0.405. The lowest BCUT2D eigenvalue weighted by atomic mass is 10.2. The first-order valence-electron chi connectivity index (χ1n) is 8.24. The Morgan fingerprint density at radius 2 is 1.96 bits per heavy atom. The summed E-state index contributed by atoms with van der Waals surface area (Å²) in [4.78, 5) is 4.24. The second-order valence-corrected chi connectivity index (χ2v) is 6.00. The summed E-state index contributed by atoms with van der Waals surface area (Å²) < 4.78 is 2.02. The second kappa shape index (κ2) is 8.48. The van der Waals surface area contributed by atoms with E-state index in [1.165, 1.54) is 0 Å². The van der Waals surface area contributed by atoms with Crippen LogP contribution < -0.4 is 10.6 Å². The molecule has 0 unspecified atom stereocenters. The maximum absolute atomic E-state index is 6.17. The Morgan fingerprint density at radius 3 is 2.80 bits per heavy atom. The number of guanidine groups is 1. The van der Waals surface area contributed by atoms with Crippen molar-refractivity contribution in [2.75, 3.05) is 13.6 Å². The number of fused-ring (bicyclic) bond motifs is 1. The summed E-state index contributed by atoms with van der Waals surface area (Å²) in [5, 5.41) is 15.7. The summed E-state index contributed by atoms with van der Waals surface area (Å²) in [6.45, 7) is 1.43. The maximum atomic E-state index is 6.17. The molecule has 0 aliphatic rings. The summed E-state index contributed by atoms with van der Waals surface area (Å²) in [6.07, 6.45) is 3.77. The van der Waals surface area contributed by atoms with Crippen molar-refractivity contribution in [1.82, 2.24) is 25.2 Å². The van der Waals surface area contributed by atoms with E-state index < -0.39 is 0 Å². The molecule has 25 heavy (non-hydrogen) atoms. The van der Waals surface area contributed by atoms with Crippen molar-refractivity contribution in [3.63, 3.8) is 0 Å². The monoisotopic (exact) mass is 356 g/mol. The minimum atomic E-state index is 0.633. The van der Waals surface area contributed by atoms with E-state index in [9.17, 15) is 0 Å². The smallest absolute Gasteiger partial charge is 0.191 e. The van der Waals surface area contributed by atoms with Crippen LogP contribution in [-0.4, -0.2) is 34.2 Å². The Bertz CT molecular complexity index is 857. The number of nitrogens with one attached hydrogen (secondary N) is 2. The molecule has 0 spiro atoms. The van der Waals surface area contributed by atoms with E-state index >= 15 is 0 Å². The normalized spacial score (nSPS) is 11.7. The van der Waals surface area contributed by atoms with E-state index in [0.29, 0.717) is 6.54 Å². The fraction of sp³-hybridized carbons (Fsp3) is 0.278. The first kappa shape index (κ1) is 17.2. The molecule has 3 aromatic rings. The van der Waals surface area contributed by atoms with Crippen molar-refractivity contribution >= 4 is 23.2 Å². The van der Waals surface area contributed by atoms with Gasteiger partial charge in [0.05, 0.1) is 0 Å². The zero-order valence-electron chi connectivity index (χ0n) is 14.1. The molecule has 0 radical (unpaired) electrons. The van der Waals surface area contributed by atoms with Crippen LogP contribution in [0, 0.1) is 0 Å². The van der Waals surface area contributed by atoms with Crippen LogP contribution in [0.25, 0.3) is 5.65 Å². The lowest BCUT2D eigenvalue weighted by Gasteiger charge is -2.12. The summed E-state index contributed by atoms with van der Waals surface area (Å²) >= 11 is 6.17. The lowest BCUT2D eigenvalue weighted by Crippen LogP contribution is -2.37. The highest BCUT2D eigenvalue weighted by atomic mass is 35.5. The highest BCUT2D eigenvalue weighted by molar-refractivity contribution is 6.31. The number of rotatable bonds is 6. The second-order valence-electron chi connectivity index (χ2n) is 5.59. The number of nitrogens with zero attached hydrogens (tertiary/aromatic N) is 4. The van der Waals surface area contributed by atoms with E-state index in [1.54, 1.807) is 7.05 Å². The fourth-order valence-electron chi connectivity index (χ4n) is 2.56. The van der Waals surface area contributed by atoms with E-state index in [4.69, 9.17) is 11.6 Å². The van der Waals surface area contributed by atoms with Crippen molar-refractivity contribution in [3.8, 4) is 0 Å². The van der Waals surface area contributed by atoms with Crippen molar-refractivity contribution in [3.05, 3.63) is 65.1 Å². The van der Waals surface area contributed by atoms with E-state index in [1.807, 2.05) is 53.1 Å². The molecule has 0 amide bonds. The van der Waals surface area contributed by atoms with Gasteiger partial charge in [0, 0.05) is 37.8 Å². The van der Waals surface area contributed by atoms with Gasteiger partial charge in [-0.3, -0.25) is 9.39 Å². The highest BCUT2D eigenvalue weighted by Gasteiger charge is 2.05. The molecule has 0 bridgehead atoms. The molecular weight excluding hydrogens is 336 g/mol. The predicted octanol–water partition coefficient (Wildman–Crippen LogP) is 2.68. The van der Waals surface area contributed by atoms with Gasteiger partial charge in [-0.2, -0.15) is 0 Å². The minimum absolute atomic E-state index is 0.633. The summed E-state index contributed by atoms with van der Waals surface area (Å²) in [5.41, 5.74) is 1.92. The van der Waals surface area contributed by atoms with Crippen LogP contribution in [0.15, 0.2) is 53.7 Å². The summed E-state index contributed by atoms with van der Waals surface area (Å²) in [6, 6.07) is 13.7. The average molecular weight is 357 g/mol. The van der Waals surface area contributed by atoms with Crippen LogP contribution in [0.3, 0.4) is 0 Å². The maximum Gasteiger partial charge on any atom is 0.191 e. The Kier molecular flexibility index (Phi) is 5.85. The van der Waals surface area contributed by atoms with Gasteiger partial charge < -0.3 is 10.6 Å². The topological polar surface area (TPSA) is 66.6 Å². The first-order valence-corrected chi connectivity index (χ1v) is 8.62. The standard InChI is InChI=1S/C18H21ClN6/c1-20-18(22-13-14-7-2-3-8-15(14)19)21-11-6-10-17-24-23-16-9-4-5-12-25(16)17/h2-5,7-9,12H,6,10-11,13H2,1H3,(H2,20,21,22). The number of aryl methyl sites for hydroxylation is 1. The molecule has 1 aromatic carbocycles. The largest absolute Gasteiger partial charge is 0.356 e. The van der Waals surface area contributed by atoms with Gasteiger partial charge in [0.25, 0.3) is 0 Å². The number of aliphatic imine (C=N–C) groups is 1. The molecule has 7 heteroatoms. The number of hydrogen-bond donors (Lipinski definition) is 2.